The minimum absolute atomic E-state index is 0.202. The van der Waals surface area contributed by atoms with Crippen molar-refractivity contribution in [3.05, 3.63) is 59.2 Å². The van der Waals surface area contributed by atoms with Gasteiger partial charge in [0.2, 0.25) is 0 Å². The van der Waals surface area contributed by atoms with Crippen molar-refractivity contribution >= 4 is 17.3 Å². The predicted octanol–water partition coefficient (Wildman–Crippen LogP) is 2.37. The Morgan fingerprint density at radius 2 is 1.86 bits per heavy atom. The van der Waals surface area contributed by atoms with Gasteiger partial charge in [0.05, 0.1) is 11.6 Å². The summed E-state index contributed by atoms with van der Waals surface area (Å²) in [6, 6.07) is 9.79. The van der Waals surface area contributed by atoms with E-state index in [1.165, 1.54) is 6.07 Å². The van der Waals surface area contributed by atoms with Crippen molar-refractivity contribution in [3.8, 4) is 6.07 Å². The molecule has 0 heterocycles. The fraction of sp³-hybridized carbons (Fsp3) is 0. The van der Waals surface area contributed by atoms with Crippen LogP contribution in [-0.2, 0) is 0 Å². The predicted molar refractivity (Wildman–Crippen MR) is 73.3 cm³/mol. The van der Waals surface area contributed by atoms with Crippen molar-refractivity contribution in [1.29, 1.82) is 5.26 Å². The fourth-order valence-corrected chi connectivity index (χ4v) is 1.71. The molecule has 2 rings (SSSR count). The fourth-order valence-electron chi connectivity index (χ4n) is 1.71. The van der Waals surface area contributed by atoms with Crippen LogP contribution in [0.2, 0.25) is 0 Å². The van der Waals surface area contributed by atoms with Crippen LogP contribution in [0.4, 0.5) is 20.2 Å². The number of nitrogen functional groups attached to an aromatic ring is 1. The summed E-state index contributed by atoms with van der Waals surface area (Å²) in [5, 5.41) is 11.2. The van der Waals surface area contributed by atoms with Crippen LogP contribution in [0.3, 0.4) is 0 Å². The molecule has 0 aliphatic rings. The number of nitrogens with two attached hydrogens (primary N) is 1. The van der Waals surface area contributed by atoms with Gasteiger partial charge in [-0.1, -0.05) is 6.07 Å². The van der Waals surface area contributed by atoms with Gasteiger partial charge in [0.15, 0.2) is 11.6 Å². The Balaban J connectivity index is 2.26. The molecule has 0 atom stereocenters. The van der Waals surface area contributed by atoms with E-state index < -0.39 is 23.2 Å². The van der Waals surface area contributed by atoms with Crippen LogP contribution in [0.15, 0.2) is 36.4 Å². The van der Waals surface area contributed by atoms with Crippen molar-refractivity contribution in [1.82, 2.24) is 0 Å². The molecule has 0 aromatic heterocycles. The molecule has 4 N–H and O–H groups in total. The van der Waals surface area contributed by atoms with Crippen LogP contribution < -0.4 is 16.6 Å². The van der Waals surface area contributed by atoms with E-state index in [1.807, 2.05) is 11.5 Å². The van der Waals surface area contributed by atoms with Crippen molar-refractivity contribution in [2.75, 3.05) is 10.7 Å². The summed E-state index contributed by atoms with van der Waals surface area (Å²) in [7, 11) is 0. The smallest absolute Gasteiger partial charge is 0.255 e. The third-order valence-electron chi connectivity index (χ3n) is 2.70. The summed E-state index contributed by atoms with van der Waals surface area (Å²) >= 11 is 0. The number of nitrogens with zero attached hydrogens (tertiary/aromatic N) is 1. The number of amides is 1. The lowest BCUT2D eigenvalue weighted by atomic mass is 10.1. The minimum atomic E-state index is -0.978. The molecule has 21 heavy (non-hydrogen) atoms. The van der Waals surface area contributed by atoms with Crippen LogP contribution in [0.5, 0.6) is 0 Å². The Morgan fingerprint density at radius 1 is 1.19 bits per heavy atom. The Morgan fingerprint density at radius 3 is 2.43 bits per heavy atom. The highest BCUT2D eigenvalue weighted by atomic mass is 19.1. The largest absolute Gasteiger partial charge is 0.322 e. The Bertz CT molecular complexity index is 717. The third-order valence-corrected chi connectivity index (χ3v) is 2.70. The lowest BCUT2D eigenvalue weighted by Gasteiger charge is -2.08. The highest BCUT2D eigenvalue weighted by molar-refractivity contribution is 6.04. The zero-order chi connectivity index (χ0) is 15.4. The number of hydrogen-bond acceptors (Lipinski definition) is 4. The topological polar surface area (TPSA) is 90.9 Å². The molecule has 0 unspecified atom stereocenters. The maximum absolute atomic E-state index is 13.5. The number of halogens is 2. The van der Waals surface area contributed by atoms with E-state index in [1.54, 1.807) is 18.2 Å². The highest BCUT2D eigenvalue weighted by Crippen LogP contribution is 2.20. The van der Waals surface area contributed by atoms with Gasteiger partial charge in [-0.2, -0.15) is 5.26 Å². The summed E-state index contributed by atoms with van der Waals surface area (Å²) in [5.74, 6) is 2.31. The number of rotatable bonds is 3. The van der Waals surface area contributed by atoms with Crippen molar-refractivity contribution in [2.45, 2.75) is 0 Å². The molecule has 0 fully saturated rings. The first kappa shape index (κ1) is 14.4. The molecule has 0 aliphatic carbocycles. The van der Waals surface area contributed by atoms with Crippen LogP contribution >= 0.6 is 0 Å². The number of benzene rings is 2. The van der Waals surface area contributed by atoms with Crippen molar-refractivity contribution < 1.29 is 13.6 Å². The van der Waals surface area contributed by atoms with Gasteiger partial charge in [-0.15, -0.1) is 0 Å². The second kappa shape index (κ2) is 5.98. The second-order valence-electron chi connectivity index (χ2n) is 4.11. The monoisotopic (exact) mass is 288 g/mol. The summed E-state index contributed by atoms with van der Waals surface area (Å²) in [6.45, 7) is 0. The number of carbonyl (C=O) groups is 1. The van der Waals surface area contributed by atoms with Crippen molar-refractivity contribution in [2.24, 2.45) is 5.84 Å². The van der Waals surface area contributed by atoms with Crippen LogP contribution in [0, 0.1) is 23.0 Å². The maximum Gasteiger partial charge on any atom is 0.255 e. The van der Waals surface area contributed by atoms with Gasteiger partial charge in [-0.25, -0.2) is 8.78 Å². The molecule has 1 amide bonds. The molecular formula is C14H10F2N4O. The zero-order valence-electron chi connectivity index (χ0n) is 10.7. The molecule has 0 saturated heterocycles. The first-order valence-corrected chi connectivity index (χ1v) is 5.82. The molecule has 0 spiro atoms. The van der Waals surface area contributed by atoms with Gasteiger partial charge in [-0.3, -0.25) is 10.6 Å². The second-order valence-corrected chi connectivity index (χ2v) is 4.11. The van der Waals surface area contributed by atoms with Crippen molar-refractivity contribution in [3.63, 3.8) is 0 Å². The molecule has 2 aromatic rings. The molecule has 0 bridgehead atoms. The third kappa shape index (κ3) is 3.13. The first-order valence-electron chi connectivity index (χ1n) is 5.82. The Labute approximate surface area is 119 Å². The van der Waals surface area contributed by atoms with E-state index in [0.717, 1.165) is 12.1 Å². The lowest BCUT2D eigenvalue weighted by molar-refractivity contribution is 0.102. The zero-order valence-corrected chi connectivity index (χ0v) is 10.7. The van der Waals surface area contributed by atoms with E-state index in [4.69, 9.17) is 11.1 Å². The number of nitrogens with one attached hydrogen (secondary N) is 2. The van der Waals surface area contributed by atoms with Crippen LogP contribution in [-0.4, -0.2) is 5.91 Å². The average molecular weight is 288 g/mol. The first-order chi connectivity index (χ1) is 10.0. The van der Waals surface area contributed by atoms with Gasteiger partial charge in [0.1, 0.15) is 5.69 Å². The molecular weight excluding hydrogens is 278 g/mol. The molecule has 0 aliphatic heterocycles. The molecule has 2 aromatic carbocycles. The quantitative estimate of drug-likeness (QED) is 0.597. The summed E-state index contributed by atoms with van der Waals surface area (Å²) in [6.07, 6.45) is 0. The Hall–Kier alpha value is -2.98. The maximum atomic E-state index is 13.5. The molecule has 7 heteroatoms. The number of nitriles is 1. The number of hydrogen-bond donors (Lipinski definition) is 3. The summed E-state index contributed by atoms with van der Waals surface area (Å²) in [4.78, 5) is 11.9. The standard InChI is InChI=1S/C14H10F2N4O/c15-11-5-9(6-12(16)13(11)20-18)14(21)19-10-3-1-2-8(4-10)7-17/h1-6,20H,18H2,(H,19,21). The summed E-state index contributed by atoms with van der Waals surface area (Å²) < 4.78 is 27.0. The van der Waals surface area contributed by atoms with E-state index >= 15 is 0 Å². The lowest BCUT2D eigenvalue weighted by Crippen LogP contribution is -2.15. The highest BCUT2D eigenvalue weighted by Gasteiger charge is 2.14. The minimum Gasteiger partial charge on any atom is -0.322 e. The van der Waals surface area contributed by atoms with Crippen LogP contribution in [0.25, 0.3) is 0 Å². The number of anilines is 2. The van der Waals surface area contributed by atoms with Gasteiger partial charge < -0.3 is 10.7 Å². The Kier molecular flexibility index (Phi) is 4.11. The average Bonchev–Trinajstić information content (AvgIpc) is 2.47. The van der Waals surface area contributed by atoms with Gasteiger partial charge in [0, 0.05) is 11.3 Å². The van der Waals surface area contributed by atoms with Gasteiger partial charge in [-0.05, 0) is 30.3 Å². The molecule has 5 nitrogen and oxygen atoms in total. The molecule has 106 valence electrons. The molecule has 0 saturated carbocycles. The SMILES string of the molecule is N#Cc1cccc(NC(=O)c2cc(F)c(NN)c(F)c2)c1. The van der Waals surface area contributed by atoms with Gasteiger partial charge in [0.25, 0.3) is 5.91 Å². The summed E-state index contributed by atoms with van der Waals surface area (Å²) in [5.41, 5.74) is 1.86. The number of carbonyl (C=O) groups excluding carboxylic acids is 1. The van der Waals surface area contributed by atoms with Crippen LogP contribution in [0.1, 0.15) is 15.9 Å². The van der Waals surface area contributed by atoms with E-state index in [9.17, 15) is 13.6 Å². The van der Waals surface area contributed by atoms with E-state index in [0.29, 0.717) is 11.3 Å². The molecule has 0 radical (unpaired) electrons. The van der Waals surface area contributed by atoms with E-state index in [-0.39, 0.29) is 5.56 Å². The van der Waals surface area contributed by atoms with E-state index in [2.05, 4.69) is 5.32 Å². The number of hydrazine groups is 1. The van der Waals surface area contributed by atoms with Gasteiger partial charge >= 0.3 is 0 Å². The normalized spacial score (nSPS) is 9.81.